The van der Waals surface area contributed by atoms with Crippen LogP contribution in [0.2, 0.25) is 0 Å². The molecule has 0 atom stereocenters. The molecule has 0 aliphatic carbocycles. The minimum atomic E-state index is -0.110. The molecule has 172 valence electrons. The van der Waals surface area contributed by atoms with Gasteiger partial charge in [0.05, 0.1) is 31.2 Å². The summed E-state index contributed by atoms with van der Waals surface area (Å²) in [5.41, 5.74) is 2.77. The molecule has 2 aromatic heterocycles. The van der Waals surface area contributed by atoms with E-state index in [9.17, 15) is 4.79 Å². The first-order valence-electron chi connectivity index (χ1n) is 11.0. The standard InChI is InChI=1S/C26H24N4O3S/c1-18-11-13-20(14-12-18)33-15-16-34-26-28-27-25-29(17-19-7-3-6-10-23(19)32-2)24(31)21-8-4-5-9-22(21)30(25)26/h3-14H,15-17H2,1-2H3. The van der Waals surface area contributed by atoms with Gasteiger partial charge in [-0.2, -0.15) is 0 Å². The highest BCUT2D eigenvalue weighted by Crippen LogP contribution is 2.24. The number of nitrogens with zero attached hydrogens (tertiary/aromatic N) is 4. The van der Waals surface area contributed by atoms with Crippen LogP contribution in [0.25, 0.3) is 16.7 Å². The quantitative estimate of drug-likeness (QED) is 0.243. The molecular formula is C26H24N4O3S. The highest BCUT2D eigenvalue weighted by Gasteiger charge is 2.18. The summed E-state index contributed by atoms with van der Waals surface area (Å²) < 4.78 is 15.0. The van der Waals surface area contributed by atoms with Crippen molar-refractivity contribution in [2.45, 2.75) is 18.6 Å². The zero-order chi connectivity index (χ0) is 23.5. The van der Waals surface area contributed by atoms with Crippen LogP contribution in [-0.4, -0.2) is 38.6 Å². The minimum absolute atomic E-state index is 0.110. The van der Waals surface area contributed by atoms with Crippen LogP contribution in [-0.2, 0) is 6.54 Å². The second kappa shape index (κ2) is 9.61. The number of hydrogen-bond donors (Lipinski definition) is 0. The molecule has 2 heterocycles. The predicted octanol–water partition coefficient (Wildman–Crippen LogP) is 4.58. The third-order valence-corrected chi connectivity index (χ3v) is 6.50. The van der Waals surface area contributed by atoms with E-state index in [0.717, 1.165) is 22.6 Å². The van der Waals surface area contributed by atoms with Crippen molar-refractivity contribution in [2.75, 3.05) is 19.5 Å². The lowest BCUT2D eigenvalue weighted by Gasteiger charge is -2.13. The summed E-state index contributed by atoms with van der Waals surface area (Å²) in [4.78, 5) is 13.4. The lowest BCUT2D eigenvalue weighted by molar-refractivity contribution is 0.344. The fraction of sp³-hybridized carbons (Fsp3) is 0.192. The number of para-hydroxylation sites is 2. The number of fused-ring (bicyclic) bond motifs is 3. The Labute approximate surface area is 201 Å². The SMILES string of the molecule is COc1ccccc1Cn1c(=O)c2ccccc2n2c(SCCOc3ccc(C)cc3)nnc12. The van der Waals surface area contributed by atoms with Crippen LogP contribution in [0, 0.1) is 6.92 Å². The number of benzene rings is 3. The first kappa shape index (κ1) is 22.0. The molecule has 7 nitrogen and oxygen atoms in total. The summed E-state index contributed by atoms with van der Waals surface area (Å²) in [7, 11) is 1.63. The van der Waals surface area contributed by atoms with Crippen molar-refractivity contribution in [2.24, 2.45) is 0 Å². The van der Waals surface area contributed by atoms with E-state index in [2.05, 4.69) is 10.2 Å². The molecule has 0 bridgehead atoms. The van der Waals surface area contributed by atoms with E-state index in [1.165, 1.54) is 5.56 Å². The van der Waals surface area contributed by atoms with Crippen LogP contribution in [0.15, 0.2) is 82.7 Å². The van der Waals surface area contributed by atoms with Gasteiger partial charge in [-0.1, -0.05) is 59.8 Å². The highest BCUT2D eigenvalue weighted by atomic mass is 32.2. The second-order valence-electron chi connectivity index (χ2n) is 7.85. The number of aromatic nitrogens is 4. The van der Waals surface area contributed by atoms with Gasteiger partial charge < -0.3 is 9.47 Å². The van der Waals surface area contributed by atoms with Gasteiger partial charge in [0.1, 0.15) is 11.5 Å². The van der Waals surface area contributed by atoms with E-state index < -0.39 is 0 Å². The Hall–Kier alpha value is -3.78. The van der Waals surface area contributed by atoms with Gasteiger partial charge in [0.15, 0.2) is 5.16 Å². The van der Waals surface area contributed by atoms with Crippen molar-refractivity contribution in [1.82, 2.24) is 19.2 Å². The summed E-state index contributed by atoms with van der Waals surface area (Å²) in [5.74, 6) is 2.75. The smallest absolute Gasteiger partial charge is 0.263 e. The molecule has 0 fully saturated rings. The number of hydrogen-bond acceptors (Lipinski definition) is 6. The molecule has 8 heteroatoms. The maximum absolute atomic E-state index is 13.4. The van der Waals surface area contributed by atoms with Crippen molar-refractivity contribution in [3.63, 3.8) is 0 Å². The molecule has 0 aliphatic rings. The normalized spacial score (nSPS) is 11.2. The maximum Gasteiger partial charge on any atom is 0.263 e. The zero-order valence-corrected chi connectivity index (χ0v) is 19.8. The molecule has 5 aromatic rings. The molecule has 0 saturated heterocycles. The molecule has 0 amide bonds. The highest BCUT2D eigenvalue weighted by molar-refractivity contribution is 7.99. The number of ether oxygens (including phenoxy) is 2. The fourth-order valence-electron chi connectivity index (χ4n) is 3.90. The average molecular weight is 473 g/mol. The molecule has 0 N–H and O–H groups in total. The Morgan fingerprint density at radius 1 is 0.941 bits per heavy atom. The Morgan fingerprint density at radius 3 is 2.53 bits per heavy atom. The van der Waals surface area contributed by atoms with E-state index in [0.29, 0.717) is 35.2 Å². The van der Waals surface area contributed by atoms with Crippen LogP contribution in [0.4, 0.5) is 0 Å². The van der Waals surface area contributed by atoms with E-state index in [4.69, 9.17) is 9.47 Å². The van der Waals surface area contributed by atoms with Gasteiger partial charge in [0.2, 0.25) is 5.78 Å². The maximum atomic E-state index is 13.4. The van der Waals surface area contributed by atoms with Gasteiger partial charge >= 0.3 is 0 Å². The number of aryl methyl sites for hydroxylation is 1. The summed E-state index contributed by atoms with van der Waals surface area (Å²) in [6, 6.07) is 23.2. The topological polar surface area (TPSA) is 70.7 Å². The summed E-state index contributed by atoms with van der Waals surface area (Å²) >= 11 is 1.55. The Kier molecular flexibility index (Phi) is 6.22. The predicted molar refractivity (Wildman–Crippen MR) is 134 cm³/mol. The zero-order valence-electron chi connectivity index (χ0n) is 19.0. The molecule has 5 rings (SSSR count). The van der Waals surface area contributed by atoms with Crippen molar-refractivity contribution < 1.29 is 9.47 Å². The molecule has 0 unspecified atom stereocenters. The lowest BCUT2D eigenvalue weighted by atomic mass is 10.2. The monoisotopic (exact) mass is 472 g/mol. The van der Waals surface area contributed by atoms with Crippen LogP contribution in [0.3, 0.4) is 0 Å². The first-order chi connectivity index (χ1) is 16.7. The van der Waals surface area contributed by atoms with Gasteiger partial charge in [-0.3, -0.25) is 13.8 Å². The molecule has 0 spiro atoms. The third kappa shape index (κ3) is 4.24. The fourth-order valence-corrected chi connectivity index (χ4v) is 4.66. The van der Waals surface area contributed by atoms with E-state index in [1.807, 2.05) is 84.1 Å². The van der Waals surface area contributed by atoms with Gasteiger partial charge in [-0.25, -0.2) is 0 Å². The average Bonchev–Trinajstić information content (AvgIpc) is 3.29. The lowest BCUT2D eigenvalue weighted by Crippen LogP contribution is -2.24. The molecule has 0 radical (unpaired) electrons. The largest absolute Gasteiger partial charge is 0.496 e. The van der Waals surface area contributed by atoms with Gasteiger partial charge in [-0.15, -0.1) is 10.2 Å². The Balaban J connectivity index is 1.48. The van der Waals surface area contributed by atoms with E-state index in [1.54, 1.807) is 23.4 Å². The van der Waals surface area contributed by atoms with Crippen LogP contribution in [0.5, 0.6) is 11.5 Å². The summed E-state index contributed by atoms with van der Waals surface area (Å²) in [6.07, 6.45) is 0. The minimum Gasteiger partial charge on any atom is -0.496 e. The van der Waals surface area contributed by atoms with Gasteiger partial charge in [0, 0.05) is 11.3 Å². The molecule has 0 aliphatic heterocycles. The Morgan fingerprint density at radius 2 is 1.71 bits per heavy atom. The second-order valence-corrected chi connectivity index (χ2v) is 8.91. The van der Waals surface area contributed by atoms with Crippen molar-refractivity contribution >= 4 is 28.4 Å². The molecule has 34 heavy (non-hydrogen) atoms. The van der Waals surface area contributed by atoms with Crippen LogP contribution in [0.1, 0.15) is 11.1 Å². The summed E-state index contributed by atoms with van der Waals surface area (Å²) in [6.45, 7) is 2.91. The molecule has 0 saturated carbocycles. The van der Waals surface area contributed by atoms with Crippen LogP contribution < -0.4 is 15.0 Å². The van der Waals surface area contributed by atoms with Crippen LogP contribution >= 0.6 is 11.8 Å². The van der Waals surface area contributed by atoms with Gasteiger partial charge in [0.25, 0.3) is 5.56 Å². The van der Waals surface area contributed by atoms with Crippen molar-refractivity contribution in [3.8, 4) is 11.5 Å². The molecule has 3 aromatic carbocycles. The third-order valence-electron chi connectivity index (χ3n) is 5.60. The summed E-state index contributed by atoms with van der Waals surface area (Å²) in [5, 5.41) is 10.1. The van der Waals surface area contributed by atoms with Crippen molar-refractivity contribution in [3.05, 3.63) is 94.3 Å². The van der Waals surface area contributed by atoms with E-state index >= 15 is 0 Å². The van der Waals surface area contributed by atoms with Gasteiger partial charge in [-0.05, 0) is 37.3 Å². The molecular weight excluding hydrogens is 448 g/mol. The number of thioether (sulfide) groups is 1. The first-order valence-corrected chi connectivity index (χ1v) is 11.9. The number of rotatable bonds is 8. The number of methoxy groups -OCH3 is 1. The van der Waals surface area contributed by atoms with E-state index in [-0.39, 0.29) is 5.56 Å². The Bertz CT molecular complexity index is 1510. The van der Waals surface area contributed by atoms with Crippen molar-refractivity contribution in [1.29, 1.82) is 0 Å².